The highest BCUT2D eigenvalue weighted by Crippen LogP contribution is 2.45. The van der Waals surface area contributed by atoms with Crippen LogP contribution in [0.4, 0.5) is 0 Å². The molecule has 5 atom stereocenters. The van der Waals surface area contributed by atoms with Gasteiger partial charge in [-0.25, -0.2) is 9.13 Å². The summed E-state index contributed by atoms with van der Waals surface area (Å²) in [7, 11) is -9.91. The topological polar surface area (TPSA) is 237 Å². The number of hydrogen-bond donors (Lipinski definition) is 3. The van der Waals surface area contributed by atoms with Crippen molar-refractivity contribution in [1.29, 1.82) is 0 Å². The summed E-state index contributed by atoms with van der Waals surface area (Å²) in [6, 6.07) is 0. The monoisotopic (exact) mass is 1420 g/mol. The first-order chi connectivity index (χ1) is 47.0. The lowest BCUT2D eigenvalue weighted by molar-refractivity contribution is -0.161. The number of unbranched alkanes of at least 4 members (excludes halogenated alkanes) is 50. The van der Waals surface area contributed by atoms with Crippen molar-refractivity contribution in [2.75, 3.05) is 39.6 Å². The molecule has 0 saturated heterocycles. The molecule has 0 aromatic heterocycles. The van der Waals surface area contributed by atoms with Crippen LogP contribution in [0.2, 0.25) is 0 Å². The first-order valence-corrected chi connectivity index (χ1v) is 43.6. The normalized spacial score (nSPS) is 13.9. The maximum absolute atomic E-state index is 13.1. The van der Waals surface area contributed by atoms with Gasteiger partial charge in [0.1, 0.15) is 19.3 Å². The van der Waals surface area contributed by atoms with E-state index in [1.54, 1.807) is 0 Å². The number of hydrogen-bond acceptors (Lipinski definition) is 15. The van der Waals surface area contributed by atoms with Gasteiger partial charge in [-0.2, -0.15) is 0 Å². The van der Waals surface area contributed by atoms with Crippen LogP contribution in [0, 0.1) is 5.92 Å². The summed E-state index contributed by atoms with van der Waals surface area (Å²) < 4.78 is 68.6. The van der Waals surface area contributed by atoms with Crippen molar-refractivity contribution in [1.82, 2.24) is 0 Å². The van der Waals surface area contributed by atoms with Crippen LogP contribution < -0.4 is 0 Å². The van der Waals surface area contributed by atoms with Crippen molar-refractivity contribution >= 4 is 39.5 Å². The zero-order valence-corrected chi connectivity index (χ0v) is 65.0. The Morgan fingerprint density at radius 1 is 0.278 bits per heavy atom. The van der Waals surface area contributed by atoms with Crippen LogP contribution in [-0.2, 0) is 65.4 Å². The number of phosphoric acid groups is 2. The second-order valence-corrected chi connectivity index (χ2v) is 31.5. The van der Waals surface area contributed by atoms with Gasteiger partial charge >= 0.3 is 39.5 Å². The molecular formula is C78H152O17P2. The fourth-order valence-electron chi connectivity index (χ4n) is 12.1. The van der Waals surface area contributed by atoms with Gasteiger partial charge in [-0.05, 0) is 31.6 Å². The van der Waals surface area contributed by atoms with Crippen molar-refractivity contribution in [3.05, 3.63) is 0 Å². The van der Waals surface area contributed by atoms with Crippen LogP contribution in [0.15, 0.2) is 0 Å². The summed E-state index contributed by atoms with van der Waals surface area (Å²) in [5.41, 5.74) is 0. The molecule has 0 heterocycles. The standard InChI is InChI=1S/C78H152O17P2/c1-6-9-12-15-18-21-23-25-26-27-28-29-30-31-32-34-38-44-49-54-59-64-78(83)95-74(68-89-76(81)62-57-52-47-42-39-35-36-41-45-50-55-60-71(4)5)70-93-97(86,87)91-66-72(79)65-90-96(84,85)92-69-73(67-88-75(80)61-56-51-46-40-20-17-14-11-8-3)94-77(82)63-58-53-48-43-37-33-24-22-19-16-13-10-7-2/h71-74,79H,6-70H2,1-5H3,(H,84,85)(H,86,87)/t72-,73+,74+/m0/s1. The van der Waals surface area contributed by atoms with Crippen LogP contribution >= 0.6 is 15.6 Å². The van der Waals surface area contributed by atoms with Gasteiger partial charge in [-0.1, -0.05) is 362 Å². The van der Waals surface area contributed by atoms with Crippen molar-refractivity contribution in [3.8, 4) is 0 Å². The lowest BCUT2D eigenvalue weighted by Gasteiger charge is -2.21. The van der Waals surface area contributed by atoms with Gasteiger partial charge in [0.25, 0.3) is 0 Å². The molecule has 0 aliphatic rings. The highest BCUT2D eigenvalue weighted by Gasteiger charge is 2.30. The summed E-state index contributed by atoms with van der Waals surface area (Å²) in [6.45, 7) is 7.30. The third-order valence-corrected chi connectivity index (χ3v) is 20.2. The summed E-state index contributed by atoms with van der Waals surface area (Å²) in [5.74, 6) is -1.34. The van der Waals surface area contributed by atoms with Crippen LogP contribution in [0.1, 0.15) is 413 Å². The molecule has 576 valence electrons. The molecular weight excluding hydrogens is 1270 g/mol. The molecule has 97 heavy (non-hydrogen) atoms. The van der Waals surface area contributed by atoms with Crippen LogP contribution in [-0.4, -0.2) is 96.7 Å². The van der Waals surface area contributed by atoms with E-state index in [0.717, 1.165) is 95.8 Å². The largest absolute Gasteiger partial charge is 0.472 e. The molecule has 0 rings (SSSR count). The average molecular weight is 1420 g/mol. The van der Waals surface area contributed by atoms with E-state index >= 15 is 0 Å². The number of aliphatic hydroxyl groups excluding tert-OH is 1. The predicted octanol–water partition coefficient (Wildman–Crippen LogP) is 23.3. The highest BCUT2D eigenvalue weighted by atomic mass is 31.2. The molecule has 17 nitrogen and oxygen atoms in total. The molecule has 0 fully saturated rings. The van der Waals surface area contributed by atoms with E-state index in [2.05, 4.69) is 34.6 Å². The Labute approximate surface area is 594 Å². The van der Waals surface area contributed by atoms with Gasteiger partial charge in [0.2, 0.25) is 0 Å². The van der Waals surface area contributed by atoms with Gasteiger partial charge in [-0.3, -0.25) is 37.3 Å². The number of rotatable bonds is 78. The highest BCUT2D eigenvalue weighted by molar-refractivity contribution is 7.47. The van der Waals surface area contributed by atoms with Gasteiger partial charge in [-0.15, -0.1) is 0 Å². The number of carbonyl (C=O) groups is 4. The molecule has 3 N–H and O–H groups in total. The van der Waals surface area contributed by atoms with E-state index in [-0.39, 0.29) is 25.7 Å². The molecule has 0 amide bonds. The molecule has 0 saturated carbocycles. The SMILES string of the molecule is CCCCCCCCCCCCCCCCCCCCCCCC(=O)O[C@H](COC(=O)CCCCCCCCCCCCCC(C)C)COP(=O)(O)OC[C@@H](O)COP(=O)(O)OC[C@@H](COC(=O)CCCCCCCCCCC)OC(=O)CCCCCCCCCCCCCCC. The summed E-state index contributed by atoms with van der Waals surface area (Å²) in [5, 5.41) is 10.6. The number of esters is 4. The fraction of sp³-hybridized carbons (Fsp3) is 0.949. The molecule has 2 unspecified atom stereocenters. The maximum atomic E-state index is 13.1. The Morgan fingerprint density at radius 2 is 0.474 bits per heavy atom. The van der Waals surface area contributed by atoms with Crippen LogP contribution in [0.25, 0.3) is 0 Å². The van der Waals surface area contributed by atoms with Crippen LogP contribution in [0.5, 0.6) is 0 Å². The molecule has 0 aromatic carbocycles. The minimum atomic E-state index is -4.96. The molecule has 0 bridgehead atoms. The van der Waals surface area contributed by atoms with Gasteiger partial charge in [0.15, 0.2) is 12.2 Å². The maximum Gasteiger partial charge on any atom is 0.472 e. The van der Waals surface area contributed by atoms with E-state index in [9.17, 15) is 43.2 Å². The molecule has 19 heteroatoms. The number of ether oxygens (including phenoxy) is 4. The van der Waals surface area contributed by atoms with Gasteiger partial charge in [0.05, 0.1) is 26.4 Å². The second kappa shape index (κ2) is 71.1. The summed E-state index contributed by atoms with van der Waals surface area (Å²) >= 11 is 0. The van der Waals surface area contributed by atoms with E-state index in [4.69, 9.17) is 37.0 Å². The Kier molecular flexibility index (Phi) is 69.6. The lowest BCUT2D eigenvalue weighted by Crippen LogP contribution is -2.30. The van der Waals surface area contributed by atoms with Crippen molar-refractivity contribution in [3.63, 3.8) is 0 Å². The molecule has 0 radical (unpaired) electrons. The number of phosphoric ester groups is 2. The van der Waals surface area contributed by atoms with Crippen molar-refractivity contribution < 1.29 is 80.2 Å². The summed E-state index contributed by atoms with van der Waals surface area (Å²) in [4.78, 5) is 72.8. The molecule has 0 spiro atoms. The van der Waals surface area contributed by atoms with Crippen LogP contribution in [0.3, 0.4) is 0 Å². The van der Waals surface area contributed by atoms with E-state index in [1.807, 2.05) is 0 Å². The zero-order valence-electron chi connectivity index (χ0n) is 63.2. The third-order valence-electron chi connectivity index (χ3n) is 18.3. The van der Waals surface area contributed by atoms with E-state index in [0.29, 0.717) is 25.7 Å². The Balaban J connectivity index is 5.19. The summed E-state index contributed by atoms with van der Waals surface area (Å²) in [6.07, 6.45) is 61.1. The van der Waals surface area contributed by atoms with Crippen molar-refractivity contribution in [2.45, 2.75) is 432 Å². The second-order valence-electron chi connectivity index (χ2n) is 28.6. The molecule has 0 aliphatic heterocycles. The quantitative estimate of drug-likeness (QED) is 0.0222. The minimum Gasteiger partial charge on any atom is -0.462 e. The van der Waals surface area contributed by atoms with Gasteiger partial charge in [0, 0.05) is 25.7 Å². The number of aliphatic hydroxyl groups is 1. The first-order valence-electron chi connectivity index (χ1n) is 40.6. The fourth-order valence-corrected chi connectivity index (χ4v) is 13.6. The van der Waals surface area contributed by atoms with Gasteiger partial charge < -0.3 is 33.8 Å². The predicted molar refractivity (Wildman–Crippen MR) is 395 cm³/mol. The number of carbonyl (C=O) groups excluding carboxylic acids is 4. The third kappa shape index (κ3) is 72.2. The Bertz CT molecular complexity index is 1860. The van der Waals surface area contributed by atoms with E-state index in [1.165, 1.54) is 238 Å². The zero-order chi connectivity index (χ0) is 71.2. The average Bonchev–Trinajstić information content (AvgIpc) is 1.59. The lowest BCUT2D eigenvalue weighted by atomic mass is 10.0. The Morgan fingerprint density at radius 3 is 0.701 bits per heavy atom. The first kappa shape index (κ1) is 95.1. The Hall–Kier alpha value is -1.94. The van der Waals surface area contributed by atoms with E-state index < -0.39 is 97.5 Å². The van der Waals surface area contributed by atoms with Crippen molar-refractivity contribution in [2.24, 2.45) is 5.92 Å². The molecule has 0 aliphatic carbocycles. The molecule has 0 aromatic rings. The minimum absolute atomic E-state index is 0.108. The smallest absolute Gasteiger partial charge is 0.462 e.